The molecule has 0 saturated heterocycles. The van der Waals surface area contributed by atoms with E-state index >= 15 is 0 Å². The molecule has 1 aliphatic carbocycles. The highest BCUT2D eigenvalue weighted by Gasteiger charge is 2.39. The topological polar surface area (TPSA) is 55.8 Å². The van der Waals surface area contributed by atoms with Gasteiger partial charge in [-0.3, -0.25) is 4.79 Å². The zero-order valence-corrected chi connectivity index (χ0v) is 20.5. The largest absolute Gasteiger partial charge is 0.482 e. The summed E-state index contributed by atoms with van der Waals surface area (Å²) in [5.41, 5.74) is 5.62. The lowest BCUT2D eigenvalue weighted by atomic mass is 9.83. The molecule has 5 heteroatoms. The van der Waals surface area contributed by atoms with Gasteiger partial charge >= 0.3 is 5.97 Å². The molecule has 2 aromatic carbocycles. The van der Waals surface area contributed by atoms with Gasteiger partial charge in [0.25, 0.3) is 0 Å². The van der Waals surface area contributed by atoms with Crippen molar-refractivity contribution < 1.29 is 19.4 Å². The maximum absolute atomic E-state index is 12.2. The van der Waals surface area contributed by atoms with Crippen LogP contribution >= 0.6 is 22.6 Å². The number of benzene rings is 2. The van der Waals surface area contributed by atoms with E-state index in [9.17, 15) is 9.90 Å². The smallest absolute Gasteiger partial charge is 0.309 e. The van der Waals surface area contributed by atoms with Gasteiger partial charge in [-0.25, -0.2) is 0 Å². The number of ether oxygens (including phenoxy) is 2. The quantitative estimate of drug-likeness (QED) is 0.361. The third-order valence-corrected chi connectivity index (χ3v) is 7.14. The first-order valence-corrected chi connectivity index (χ1v) is 11.6. The van der Waals surface area contributed by atoms with Gasteiger partial charge < -0.3 is 14.6 Å². The Morgan fingerprint density at radius 2 is 1.80 bits per heavy atom. The van der Waals surface area contributed by atoms with E-state index in [-0.39, 0.29) is 24.4 Å². The number of rotatable bonds is 8. The second-order valence-electron chi connectivity index (χ2n) is 8.45. The van der Waals surface area contributed by atoms with Crippen LogP contribution < -0.4 is 4.74 Å². The molecule has 0 radical (unpaired) electrons. The third kappa shape index (κ3) is 4.99. The predicted octanol–water partition coefficient (Wildman–Crippen LogP) is 5.63. The van der Waals surface area contributed by atoms with Crippen LogP contribution in [0.4, 0.5) is 0 Å². The van der Waals surface area contributed by atoms with Crippen LogP contribution in [-0.4, -0.2) is 24.8 Å². The number of esters is 1. The lowest BCUT2D eigenvalue weighted by Crippen LogP contribution is -2.22. The van der Waals surface area contributed by atoms with Crippen molar-refractivity contribution >= 4 is 28.6 Å². The van der Waals surface area contributed by atoms with Crippen molar-refractivity contribution in [2.24, 2.45) is 11.8 Å². The number of hydrogen-bond donors (Lipinski definition) is 1. The molecule has 30 heavy (non-hydrogen) atoms. The molecule has 3 atom stereocenters. The minimum absolute atomic E-state index is 0.103. The molecule has 1 fully saturated rings. The second-order valence-corrected chi connectivity index (χ2v) is 9.61. The Kier molecular flexibility index (Phi) is 7.45. The highest BCUT2D eigenvalue weighted by atomic mass is 127. The monoisotopic (exact) mass is 522 g/mol. The second kappa shape index (κ2) is 9.69. The normalized spacial score (nSPS) is 16.6. The summed E-state index contributed by atoms with van der Waals surface area (Å²) in [4.78, 5) is 12.2. The first kappa shape index (κ1) is 23.1. The lowest BCUT2D eigenvalue weighted by molar-refractivity contribution is -0.145. The first-order valence-electron chi connectivity index (χ1n) is 10.5. The number of aliphatic hydroxyl groups excluding tert-OH is 1. The summed E-state index contributed by atoms with van der Waals surface area (Å²) in [5, 5.41) is 10.1. The van der Waals surface area contributed by atoms with Crippen molar-refractivity contribution in [3.63, 3.8) is 0 Å². The van der Waals surface area contributed by atoms with E-state index < -0.39 is 6.10 Å². The van der Waals surface area contributed by atoms with Crippen molar-refractivity contribution in [2.45, 2.75) is 52.6 Å². The van der Waals surface area contributed by atoms with Gasteiger partial charge in [0, 0.05) is 0 Å². The van der Waals surface area contributed by atoms with E-state index in [4.69, 9.17) is 9.47 Å². The number of methoxy groups -OCH3 is 1. The number of aliphatic hydroxyl groups is 1. The first-order chi connectivity index (χ1) is 14.3. The van der Waals surface area contributed by atoms with Gasteiger partial charge in [0.05, 0.1) is 23.2 Å². The molecule has 1 aliphatic rings. The van der Waals surface area contributed by atoms with Crippen molar-refractivity contribution in [3.8, 4) is 5.75 Å². The summed E-state index contributed by atoms with van der Waals surface area (Å²) in [5.74, 6) is 0.987. The number of carbonyl (C=O) groups is 1. The Balaban J connectivity index is 1.93. The summed E-state index contributed by atoms with van der Waals surface area (Å²) in [6.07, 6.45) is 1.83. The molecule has 4 nitrogen and oxygen atoms in total. The van der Waals surface area contributed by atoms with Crippen LogP contribution in [0.5, 0.6) is 5.75 Å². The summed E-state index contributed by atoms with van der Waals surface area (Å²) < 4.78 is 12.3. The highest BCUT2D eigenvalue weighted by Crippen LogP contribution is 2.48. The maximum Gasteiger partial charge on any atom is 0.309 e. The highest BCUT2D eigenvalue weighted by molar-refractivity contribution is 14.1. The molecule has 0 amide bonds. The van der Waals surface area contributed by atoms with Gasteiger partial charge in [0.15, 0.2) is 0 Å². The van der Waals surface area contributed by atoms with E-state index in [1.807, 2.05) is 19.1 Å². The summed E-state index contributed by atoms with van der Waals surface area (Å²) in [6.45, 7) is 8.06. The number of halogens is 1. The molecular formula is C25H31IO4. The van der Waals surface area contributed by atoms with Crippen LogP contribution in [0.3, 0.4) is 0 Å². The average molecular weight is 522 g/mol. The van der Waals surface area contributed by atoms with Crippen LogP contribution in [0.2, 0.25) is 0 Å². The van der Waals surface area contributed by atoms with E-state index in [0.717, 1.165) is 38.9 Å². The fourth-order valence-corrected chi connectivity index (χ4v) is 4.72. The molecule has 2 aromatic rings. The minimum Gasteiger partial charge on any atom is -0.482 e. The lowest BCUT2D eigenvalue weighted by Gasteiger charge is -2.25. The van der Waals surface area contributed by atoms with Crippen LogP contribution in [-0.2, 0) is 9.53 Å². The summed E-state index contributed by atoms with van der Waals surface area (Å²) in [6, 6.07) is 10.4. The van der Waals surface area contributed by atoms with Crippen molar-refractivity contribution in [2.75, 3.05) is 13.7 Å². The molecule has 1 saturated carbocycles. The standard InChI is InChI=1S/C25H31IO4/c1-14-10-16(3)20(11-15(14)2)23(13-27)30-22-12-19(8-9-21(22)26)24(18-6-7-18)17(4)25(28)29-5/h8-12,17-18,23-24,27H,6-7,13H2,1-5H3/t17-,23-,24-/m0/s1. The van der Waals surface area contributed by atoms with Crippen LogP contribution in [0, 0.1) is 36.2 Å². The fourth-order valence-electron chi connectivity index (χ4n) is 4.26. The van der Waals surface area contributed by atoms with E-state index in [1.165, 1.54) is 18.2 Å². The molecule has 0 spiro atoms. The Hall–Kier alpha value is -1.60. The van der Waals surface area contributed by atoms with E-state index in [2.05, 4.69) is 61.6 Å². The number of hydrogen-bond acceptors (Lipinski definition) is 4. The van der Waals surface area contributed by atoms with Crippen molar-refractivity contribution in [1.82, 2.24) is 0 Å². The SMILES string of the molecule is COC(=O)[C@@H](C)[C@H](c1ccc(I)c(O[C@@H](CO)c2cc(C)c(C)cc2C)c1)C1CC1. The zero-order valence-electron chi connectivity index (χ0n) is 18.4. The Bertz CT molecular complexity index is 920. The van der Waals surface area contributed by atoms with E-state index in [1.54, 1.807) is 0 Å². The maximum atomic E-state index is 12.2. The number of carbonyl (C=O) groups excluding carboxylic acids is 1. The Morgan fingerprint density at radius 3 is 2.40 bits per heavy atom. The van der Waals surface area contributed by atoms with Gasteiger partial charge in [0.2, 0.25) is 0 Å². The molecule has 0 bridgehead atoms. The minimum atomic E-state index is -0.439. The molecule has 1 N–H and O–H groups in total. The van der Waals surface area contributed by atoms with Gasteiger partial charge in [-0.1, -0.05) is 25.1 Å². The van der Waals surface area contributed by atoms with Crippen LogP contribution in [0.15, 0.2) is 30.3 Å². The molecule has 0 aliphatic heterocycles. The Labute approximate surface area is 193 Å². The predicted molar refractivity (Wildman–Crippen MR) is 127 cm³/mol. The molecular weight excluding hydrogens is 491 g/mol. The van der Waals surface area contributed by atoms with E-state index in [0.29, 0.717) is 5.92 Å². The molecule has 0 aromatic heterocycles. The van der Waals surface area contributed by atoms with Gasteiger partial charge in [-0.2, -0.15) is 0 Å². The average Bonchev–Trinajstić information content (AvgIpc) is 3.55. The van der Waals surface area contributed by atoms with Crippen molar-refractivity contribution in [3.05, 3.63) is 61.7 Å². The van der Waals surface area contributed by atoms with Gasteiger partial charge in [-0.05, 0) is 108 Å². The molecule has 0 unspecified atom stereocenters. The number of aryl methyl sites for hydroxylation is 3. The Morgan fingerprint density at radius 1 is 1.13 bits per heavy atom. The molecule has 3 rings (SSSR count). The fraction of sp³-hybridized carbons (Fsp3) is 0.480. The van der Waals surface area contributed by atoms with Gasteiger partial charge in [-0.15, -0.1) is 0 Å². The van der Waals surface area contributed by atoms with Gasteiger partial charge in [0.1, 0.15) is 11.9 Å². The van der Waals surface area contributed by atoms with Crippen LogP contribution in [0.1, 0.15) is 59.6 Å². The van der Waals surface area contributed by atoms with Crippen molar-refractivity contribution in [1.29, 1.82) is 0 Å². The summed E-state index contributed by atoms with van der Waals surface area (Å²) >= 11 is 2.26. The zero-order chi connectivity index (χ0) is 22.0. The third-order valence-electron chi connectivity index (χ3n) is 6.25. The molecule has 0 heterocycles. The van der Waals surface area contributed by atoms with Crippen LogP contribution in [0.25, 0.3) is 0 Å². The molecule has 162 valence electrons. The summed E-state index contributed by atoms with van der Waals surface area (Å²) in [7, 11) is 1.45.